The summed E-state index contributed by atoms with van der Waals surface area (Å²) in [5.74, 6) is -0.661. The number of carbonyl (C=O) groups excluding carboxylic acids is 2. The molecule has 4 rings (SSSR count). The summed E-state index contributed by atoms with van der Waals surface area (Å²) in [7, 11) is 0. The van der Waals surface area contributed by atoms with Crippen LogP contribution in [0.4, 0.5) is 23.7 Å². The molecule has 19 heteroatoms. The van der Waals surface area contributed by atoms with Gasteiger partial charge in [0, 0.05) is 22.3 Å². The highest BCUT2D eigenvalue weighted by Gasteiger charge is 2.35. The van der Waals surface area contributed by atoms with Crippen molar-refractivity contribution in [3.63, 3.8) is 0 Å². The van der Waals surface area contributed by atoms with Crippen molar-refractivity contribution in [3.05, 3.63) is 64.4 Å². The number of aromatic nitrogens is 1. The van der Waals surface area contributed by atoms with E-state index >= 15 is 0 Å². The Morgan fingerprint density at radius 2 is 1.26 bits per heavy atom. The topological polar surface area (TPSA) is 183 Å². The number of nitrogens with one attached hydrogen (secondary N) is 1. The Hall–Kier alpha value is -4.18. The van der Waals surface area contributed by atoms with Gasteiger partial charge in [0.2, 0.25) is 0 Å². The summed E-state index contributed by atoms with van der Waals surface area (Å²) in [5, 5.41) is 9.13. The molecule has 1 saturated heterocycles. The number of esters is 1. The second kappa shape index (κ2) is 25.2. The standard InChI is InChI=1S/C38H49F3N2O14/c39-38(40,41)33-4-2-1-3-31(33)34-23-28-5-6-29(24-32(28)36(46)42-34)43-25-30(57-37(43)47)26-56-35(45)27-55-22-21-54-20-19-53-18-17-52-16-15-51-14-13-50-12-11-49-10-9-48-8-7-44/h1-6,23-24,30,44H,7-22,25-27H2,(H,42,46)/t30-/m0/s1. The number of H-pyrrole nitrogens is 1. The lowest BCUT2D eigenvalue weighted by atomic mass is 10.0. The van der Waals surface area contributed by atoms with E-state index in [1.165, 1.54) is 41.3 Å². The molecule has 0 aliphatic carbocycles. The number of rotatable bonds is 29. The van der Waals surface area contributed by atoms with Crippen LogP contribution in [0.3, 0.4) is 0 Å². The van der Waals surface area contributed by atoms with Crippen LogP contribution in [-0.4, -0.2) is 154 Å². The quantitative estimate of drug-likeness (QED) is 0.0770. The number of aliphatic hydroxyl groups is 1. The first-order valence-corrected chi connectivity index (χ1v) is 18.4. The van der Waals surface area contributed by atoms with Crippen LogP contribution < -0.4 is 10.5 Å². The number of hydrogen-bond acceptors (Lipinski definition) is 14. The van der Waals surface area contributed by atoms with Crippen molar-refractivity contribution in [1.29, 1.82) is 0 Å². The molecule has 16 nitrogen and oxygen atoms in total. The molecule has 2 aromatic carbocycles. The summed E-state index contributed by atoms with van der Waals surface area (Å²) in [4.78, 5) is 41.5. The Morgan fingerprint density at radius 3 is 1.81 bits per heavy atom. The van der Waals surface area contributed by atoms with Gasteiger partial charge in [0.25, 0.3) is 5.56 Å². The zero-order valence-electron chi connectivity index (χ0n) is 31.5. The molecule has 1 amide bonds. The minimum Gasteiger partial charge on any atom is -0.460 e. The third-order valence-electron chi connectivity index (χ3n) is 8.03. The molecule has 1 aliphatic rings. The third-order valence-corrected chi connectivity index (χ3v) is 8.03. The van der Waals surface area contributed by atoms with E-state index in [1.54, 1.807) is 6.07 Å². The summed E-state index contributed by atoms with van der Waals surface area (Å²) in [6, 6.07) is 10.9. The zero-order valence-corrected chi connectivity index (χ0v) is 31.5. The van der Waals surface area contributed by atoms with Crippen LogP contribution in [-0.2, 0) is 58.3 Å². The van der Waals surface area contributed by atoms with Gasteiger partial charge in [0.1, 0.15) is 13.2 Å². The van der Waals surface area contributed by atoms with Crippen LogP contribution in [0.5, 0.6) is 0 Å². The maximum atomic E-state index is 13.6. The number of aliphatic hydroxyl groups excluding tert-OH is 1. The largest absolute Gasteiger partial charge is 0.460 e. The van der Waals surface area contributed by atoms with E-state index in [-0.39, 0.29) is 56.2 Å². The van der Waals surface area contributed by atoms with Crippen molar-refractivity contribution in [2.24, 2.45) is 0 Å². The van der Waals surface area contributed by atoms with E-state index in [0.717, 1.165) is 6.07 Å². The molecule has 316 valence electrons. The molecule has 1 fully saturated rings. The number of fused-ring (bicyclic) bond motifs is 1. The minimum atomic E-state index is -4.61. The van der Waals surface area contributed by atoms with Crippen LogP contribution in [0.15, 0.2) is 53.3 Å². The molecule has 1 atom stereocenters. The Labute approximate surface area is 326 Å². The van der Waals surface area contributed by atoms with Gasteiger partial charge < -0.3 is 57.5 Å². The molecule has 0 unspecified atom stereocenters. The molecule has 0 radical (unpaired) electrons. The van der Waals surface area contributed by atoms with Crippen LogP contribution >= 0.6 is 0 Å². The van der Waals surface area contributed by atoms with Gasteiger partial charge in [-0.15, -0.1) is 0 Å². The van der Waals surface area contributed by atoms with E-state index in [1.807, 2.05) is 0 Å². The maximum absolute atomic E-state index is 13.6. The summed E-state index contributed by atoms with van der Waals surface area (Å²) in [6.45, 7) is 5.20. The highest BCUT2D eigenvalue weighted by atomic mass is 19.4. The summed E-state index contributed by atoms with van der Waals surface area (Å²) < 4.78 is 94.0. The molecule has 57 heavy (non-hydrogen) atoms. The van der Waals surface area contributed by atoms with E-state index in [0.29, 0.717) is 97.0 Å². The van der Waals surface area contributed by atoms with Crippen molar-refractivity contribution < 1.29 is 75.2 Å². The molecule has 3 aromatic rings. The number of amides is 1. The number of benzene rings is 2. The first-order chi connectivity index (χ1) is 27.7. The van der Waals surface area contributed by atoms with E-state index in [2.05, 4.69) is 4.98 Å². The molecule has 0 saturated carbocycles. The average Bonchev–Trinajstić information content (AvgIpc) is 3.58. The molecule has 0 spiro atoms. The second-order valence-corrected chi connectivity index (χ2v) is 12.2. The predicted octanol–water partition coefficient (Wildman–Crippen LogP) is 3.21. The van der Waals surface area contributed by atoms with Crippen molar-refractivity contribution in [2.45, 2.75) is 12.3 Å². The highest BCUT2D eigenvalue weighted by Crippen LogP contribution is 2.36. The summed E-state index contributed by atoms with van der Waals surface area (Å²) in [6.07, 6.45) is -6.11. The first-order valence-electron chi connectivity index (χ1n) is 18.4. The van der Waals surface area contributed by atoms with Crippen molar-refractivity contribution in [3.8, 4) is 11.3 Å². The third kappa shape index (κ3) is 16.3. The van der Waals surface area contributed by atoms with Crippen molar-refractivity contribution in [2.75, 3.05) is 130 Å². The van der Waals surface area contributed by atoms with Gasteiger partial charge in [0.15, 0.2) is 6.10 Å². The monoisotopic (exact) mass is 814 g/mol. The van der Waals surface area contributed by atoms with E-state index in [4.69, 9.17) is 52.5 Å². The van der Waals surface area contributed by atoms with Gasteiger partial charge in [-0.2, -0.15) is 13.2 Å². The van der Waals surface area contributed by atoms with Gasteiger partial charge in [-0.05, 0) is 29.7 Å². The lowest BCUT2D eigenvalue weighted by Crippen LogP contribution is -2.27. The lowest BCUT2D eigenvalue weighted by molar-refractivity contribution is -0.151. The van der Waals surface area contributed by atoms with Crippen LogP contribution in [0.25, 0.3) is 22.0 Å². The second-order valence-electron chi connectivity index (χ2n) is 12.2. The molecule has 2 heterocycles. The number of ether oxygens (including phenoxy) is 10. The lowest BCUT2D eigenvalue weighted by Gasteiger charge is -2.15. The van der Waals surface area contributed by atoms with Gasteiger partial charge in [0.05, 0.1) is 118 Å². The summed E-state index contributed by atoms with van der Waals surface area (Å²) in [5.41, 5.74) is -1.34. The minimum absolute atomic E-state index is 0.00342. The fraction of sp³-hybridized carbons (Fsp3) is 0.553. The van der Waals surface area contributed by atoms with Crippen LogP contribution in [0.1, 0.15) is 5.56 Å². The fourth-order valence-corrected chi connectivity index (χ4v) is 5.33. The fourth-order valence-electron chi connectivity index (χ4n) is 5.33. The number of carbonyl (C=O) groups is 2. The molecule has 0 bridgehead atoms. The Morgan fingerprint density at radius 1 is 0.737 bits per heavy atom. The Bertz CT molecular complexity index is 1710. The van der Waals surface area contributed by atoms with Gasteiger partial charge >= 0.3 is 18.2 Å². The number of anilines is 1. The van der Waals surface area contributed by atoms with Crippen molar-refractivity contribution >= 4 is 28.5 Å². The van der Waals surface area contributed by atoms with Crippen molar-refractivity contribution in [1.82, 2.24) is 4.98 Å². The number of aromatic amines is 1. The summed E-state index contributed by atoms with van der Waals surface area (Å²) >= 11 is 0. The number of alkyl halides is 3. The van der Waals surface area contributed by atoms with Crippen LogP contribution in [0, 0.1) is 0 Å². The van der Waals surface area contributed by atoms with E-state index in [9.17, 15) is 27.6 Å². The number of pyridine rings is 1. The normalized spacial score (nSPS) is 14.4. The molecule has 1 aromatic heterocycles. The van der Waals surface area contributed by atoms with Crippen LogP contribution in [0.2, 0.25) is 0 Å². The Kier molecular flexibility index (Phi) is 20.2. The van der Waals surface area contributed by atoms with E-state index < -0.39 is 35.5 Å². The van der Waals surface area contributed by atoms with Gasteiger partial charge in [-0.25, -0.2) is 9.59 Å². The average molecular weight is 815 g/mol. The van der Waals surface area contributed by atoms with Gasteiger partial charge in [-0.3, -0.25) is 9.69 Å². The molecule has 1 aliphatic heterocycles. The number of halogens is 3. The number of hydrogen-bond donors (Lipinski definition) is 2. The predicted molar refractivity (Wildman–Crippen MR) is 197 cm³/mol. The molecule has 2 N–H and O–H groups in total. The number of cyclic esters (lactones) is 1. The molecular formula is C38H49F3N2O14. The molecular weight excluding hydrogens is 765 g/mol. The zero-order chi connectivity index (χ0) is 40.7. The first kappa shape index (κ1) is 45.5. The number of nitrogens with zero attached hydrogens (tertiary/aromatic N) is 1. The highest BCUT2D eigenvalue weighted by molar-refractivity contribution is 5.95. The SMILES string of the molecule is O=C(COCCOCCOCCOCCOCCOCCOCCOCCO)OC[C@@H]1CN(c2ccc3cc(-c4ccccc4C(F)(F)F)[nH]c(=O)c3c2)C(=O)O1. The van der Waals surface area contributed by atoms with Gasteiger partial charge in [-0.1, -0.05) is 24.3 Å². The Balaban J connectivity index is 0.989. The smallest absolute Gasteiger partial charge is 0.417 e. The maximum Gasteiger partial charge on any atom is 0.417 e.